The molecule has 4 heteroatoms. The van der Waals surface area contributed by atoms with Gasteiger partial charge in [0.25, 0.3) is 5.91 Å². The molecule has 2 aromatic carbocycles. The van der Waals surface area contributed by atoms with Crippen molar-refractivity contribution in [2.24, 2.45) is 0 Å². The van der Waals surface area contributed by atoms with Gasteiger partial charge in [-0.05, 0) is 48.9 Å². The molecule has 2 rings (SSSR count). The van der Waals surface area contributed by atoms with Gasteiger partial charge in [0.2, 0.25) is 0 Å². The highest BCUT2D eigenvalue weighted by atomic mass is 16.5. The number of ether oxygens (including phenoxy) is 1. The maximum atomic E-state index is 12.3. The van der Waals surface area contributed by atoms with E-state index < -0.39 is 0 Å². The summed E-state index contributed by atoms with van der Waals surface area (Å²) < 4.78 is 5.55. The maximum Gasteiger partial charge on any atom is 0.255 e. The molecule has 116 valence electrons. The van der Waals surface area contributed by atoms with Gasteiger partial charge in [0.15, 0.2) is 0 Å². The zero-order valence-corrected chi connectivity index (χ0v) is 13.3. The maximum absolute atomic E-state index is 12.3. The number of nitrogens with zero attached hydrogens (tertiary/aromatic N) is 1. The van der Waals surface area contributed by atoms with Crippen molar-refractivity contribution in [3.05, 3.63) is 54.1 Å². The van der Waals surface area contributed by atoms with Crippen molar-refractivity contribution in [2.45, 2.75) is 13.3 Å². The largest absolute Gasteiger partial charge is 0.494 e. The summed E-state index contributed by atoms with van der Waals surface area (Å²) in [7, 11) is 3.96. The van der Waals surface area contributed by atoms with E-state index in [0.29, 0.717) is 12.2 Å². The second-order valence-electron chi connectivity index (χ2n) is 5.27. The van der Waals surface area contributed by atoms with E-state index in [4.69, 9.17) is 4.74 Å². The van der Waals surface area contributed by atoms with Crippen LogP contribution in [0.5, 0.6) is 5.75 Å². The monoisotopic (exact) mass is 298 g/mol. The molecule has 22 heavy (non-hydrogen) atoms. The Balaban J connectivity index is 2.05. The lowest BCUT2D eigenvalue weighted by atomic mass is 10.2. The molecule has 0 unspecified atom stereocenters. The smallest absolute Gasteiger partial charge is 0.255 e. The van der Waals surface area contributed by atoms with Gasteiger partial charge in [0.05, 0.1) is 6.61 Å². The Kier molecular flexibility index (Phi) is 5.42. The van der Waals surface area contributed by atoms with Gasteiger partial charge in [-0.3, -0.25) is 4.79 Å². The van der Waals surface area contributed by atoms with Gasteiger partial charge in [-0.2, -0.15) is 0 Å². The zero-order chi connectivity index (χ0) is 15.9. The van der Waals surface area contributed by atoms with Crippen LogP contribution in [0.1, 0.15) is 23.7 Å². The third-order valence-electron chi connectivity index (χ3n) is 3.21. The van der Waals surface area contributed by atoms with E-state index in [9.17, 15) is 4.79 Å². The van der Waals surface area contributed by atoms with Crippen molar-refractivity contribution < 1.29 is 9.53 Å². The molecule has 0 saturated heterocycles. The molecule has 0 aromatic heterocycles. The first-order valence-corrected chi connectivity index (χ1v) is 7.41. The summed E-state index contributed by atoms with van der Waals surface area (Å²) in [5.41, 5.74) is 2.45. The van der Waals surface area contributed by atoms with Crippen molar-refractivity contribution in [1.29, 1.82) is 0 Å². The van der Waals surface area contributed by atoms with Crippen molar-refractivity contribution >= 4 is 17.3 Å². The van der Waals surface area contributed by atoms with Gasteiger partial charge in [-0.15, -0.1) is 0 Å². The van der Waals surface area contributed by atoms with Crippen LogP contribution in [0.2, 0.25) is 0 Å². The number of benzene rings is 2. The van der Waals surface area contributed by atoms with Crippen LogP contribution in [-0.2, 0) is 0 Å². The minimum Gasteiger partial charge on any atom is -0.494 e. The molecule has 0 aliphatic rings. The van der Waals surface area contributed by atoms with Crippen LogP contribution in [0.25, 0.3) is 0 Å². The fraction of sp³-hybridized carbons (Fsp3) is 0.278. The lowest BCUT2D eigenvalue weighted by molar-refractivity contribution is 0.102. The second kappa shape index (κ2) is 7.50. The summed E-state index contributed by atoms with van der Waals surface area (Å²) in [6.07, 6.45) is 0.939. The Labute approximate surface area is 131 Å². The molecule has 0 spiro atoms. The molecule has 4 nitrogen and oxygen atoms in total. The standard InChI is InChI=1S/C18H22N2O2/c1-4-12-22-17-7-5-6-14(13-17)18(21)19-15-8-10-16(11-9-15)20(2)3/h5-11,13H,4,12H2,1-3H3,(H,19,21). The number of hydrogen-bond acceptors (Lipinski definition) is 3. The Morgan fingerprint density at radius 1 is 1.14 bits per heavy atom. The third kappa shape index (κ3) is 4.25. The van der Waals surface area contributed by atoms with Gasteiger partial charge in [-0.1, -0.05) is 13.0 Å². The summed E-state index contributed by atoms with van der Waals surface area (Å²) in [4.78, 5) is 14.3. The minimum absolute atomic E-state index is 0.139. The average molecular weight is 298 g/mol. The summed E-state index contributed by atoms with van der Waals surface area (Å²) in [6.45, 7) is 2.70. The molecular weight excluding hydrogens is 276 g/mol. The molecule has 0 aliphatic heterocycles. The number of carbonyl (C=O) groups excluding carboxylic acids is 1. The summed E-state index contributed by atoms with van der Waals surface area (Å²) in [5, 5.41) is 2.89. The van der Waals surface area contributed by atoms with E-state index in [1.165, 1.54) is 0 Å². The SMILES string of the molecule is CCCOc1cccc(C(=O)Nc2ccc(N(C)C)cc2)c1. The number of rotatable bonds is 6. The van der Waals surface area contributed by atoms with Gasteiger partial charge in [-0.25, -0.2) is 0 Å². The van der Waals surface area contributed by atoms with Gasteiger partial charge < -0.3 is 15.0 Å². The number of nitrogens with one attached hydrogen (secondary N) is 1. The van der Waals surface area contributed by atoms with Crippen LogP contribution in [0.4, 0.5) is 11.4 Å². The molecule has 2 aromatic rings. The van der Waals surface area contributed by atoms with Gasteiger partial charge in [0, 0.05) is 31.0 Å². The van der Waals surface area contributed by atoms with E-state index in [0.717, 1.165) is 23.5 Å². The average Bonchev–Trinajstić information content (AvgIpc) is 2.53. The van der Waals surface area contributed by atoms with E-state index in [-0.39, 0.29) is 5.91 Å². The first kappa shape index (κ1) is 15.9. The van der Waals surface area contributed by atoms with E-state index in [2.05, 4.69) is 5.32 Å². The molecule has 1 N–H and O–H groups in total. The topological polar surface area (TPSA) is 41.6 Å². The van der Waals surface area contributed by atoms with Crippen LogP contribution in [0.15, 0.2) is 48.5 Å². The highest BCUT2D eigenvalue weighted by Crippen LogP contribution is 2.18. The van der Waals surface area contributed by atoms with Crippen LogP contribution in [-0.4, -0.2) is 26.6 Å². The fourth-order valence-electron chi connectivity index (χ4n) is 1.99. The van der Waals surface area contributed by atoms with E-state index >= 15 is 0 Å². The van der Waals surface area contributed by atoms with Crippen molar-refractivity contribution in [3.63, 3.8) is 0 Å². The molecule has 0 aliphatic carbocycles. The summed E-state index contributed by atoms with van der Waals surface area (Å²) in [5.74, 6) is 0.581. The molecule has 0 fully saturated rings. The minimum atomic E-state index is -0.139. The van der Waals surface area contributed by atoms with E-state index in [1.54, 1.807) is 12.1 Å². The quantitative estimate of drug-likeness (QED) is 0.882. The second-order valence-corrected chi connectivity index (χ2v) is 5.27. The normalized spacial score (nSPS) is 10.1. The van der Waals surface area contributed by atoms with Crippen LogP contribution in [0.3, 0.4) is 0 Å². The Morgan fingerprint density at radius 3 is 2.50 bits per heavy atom. The lowest BCUT2D eigenvalue weighted by Gasteiger charge is -2.13. The predicted molar refractivity (Wildman–Crippen MR) is 91.0 cm³/mol. The summed E-state index contributed by atoms with van der Waals surface area (Å²) in [6, 6.07) is 15.0. The molecule has 0 atom stereocenters. The highest BCUT2D eigenvalue weighted by Gasteiger charge is 2.07. The molecular formula is C18H22N2O2. The zero-order valence-electron chi connectivity index (χ0n) is 13.3. The number of amides is 1. The lowest BCUT2D eigenvalue weighted by Crippen LogP contribution is -2.12. The Morgan fingerprint density at radius 2 is 1.86 bits per heavy atom. The molecule has 0 heterocycles. The number of carbonyl (C=O) groups is 1. The van der Waals surface area contributed by atoms with Crippen LogP contribution < -0.4 is 15.0 Å². The van der Waals surface area contributed by atoms with Crippen molar-refractivity contribution in [2.75, 3.05) is 30.9 Å². The van der Waals surface area contributed by atoms with Gasteiger partial charge in [0.1, 0.15) is 5.75 Å². The van der Waals surface area contributed by atoms with E-state index in [1.807, 2.05) is 62.3 Å². The van der Waals surface area contributed by atoms with Crippen molar-refractivity contribution in [1.82, 2.24) is 0 Å². The number of hydrogen-bond donors (Lipinski definition) is 1. The molecule has 0 radical (unpaired) electrons. The predicted octanol–water partition coefficient (Wildman–Crippen LogP) is 3.79. The number of anilines is 2. The molecule has 1 amide bonds. The first-order valence-electron chi connectivity index (χ1n) is 7.41. The van der Waals surface area contributed by atoms with Crippen molar-refractivity contribution in [3.8, 4) is 5.75 Å². The van der Waals surface area contributed by atoms with Gasteiger partial charge >= 0.3 is 0 Å². The fourth-order valence-corrected chi connectivity index (χ4v) is 1.99. The van der Waals surface area contributed by atoms with Crippen LogP contribution >= 0.6 is 0 Å². The van der Waals surface area contributed by atoms with Crippen LogP contribution in [0, 0.1) is 0 Å². The summed E-state index contributed by atoms with van der Waals surface area (Å²) >= 11 is 0. The molecule has 0 bridgehead atoms. The Hall–Kier alpha value is -2.49. The first-order chi connectivity index (χ1) is 10.6. The Bertz CT molecular complexity index is 621. The molecule has 0 saturated carbocycles. The third-order valence-corrected chi connectivity index (χ3v) is 3.21. The highest BCUT2D eigenvalue weighted by molar-refractivity contribution is 6.04.